The fourth-order valence-electron chi connectivity index (χ4n) is 3.55. The Labute approximate surface area is 169 Å². The Bertz CT molecular complexity index is 991. The summed E-state index contributed by atoms with van der Waals surface area (Å²) >= 11 is 0. The van der Waals surface area contributed by atoms with Gasteiger partial charge in [-0.1, -0.05) is 35.0 Å². The molecule has 2 aromatic carbocycles. The van der Waals surface area contributed by atoms with Crippen LogP contribution in [0.1, 0.15) is 40.7 Å². The number of methoxy groups -OCH3 is 2. The van der Waals surface area contributed by atoms with Gasteiger partial charge in [0.1, 0.15) is 17.5 Å². The molecular formula is C22H23N3O4. The maximum absolute atomic E-state index is 13.2. The first kappa shape index (κ1) is 19.0. The van der Waals surface area contributed by atoms with E-state index in [1.807, 2.05) is 31.2 Å². The van der Waals surface area contributed by atoms with Crippen LogP contribution in [0.2, 0.25) is 0 Å². The number of hydrogen-bond donors (Lipinski definition) is 0. The molecule has 0 spiro atoms. The largest absolute Gasteiger partial charge is 0.497 e. The first-order chi connectivity index (χ1) is 14.1. The molecule has 29 heavy (non-hydrogen) atoms. The quantitative estimate of drug-likeness (QED) is 0.651. The van der Waals surface area contributed by atoms with Crippen molar-refractivity contribution < 1.29 is 18.8 Å². The number of hydrogen-bond acceptors (Lipinski definition) is 6. The molecule has 2 heterocycles. The number of ether oxygens (including phenoxy) is 2. The van der Waals surface area contributed by atoms with E-state index in [0.29, 0.717) is 35.3 Å². The van der Waals surface area contributed by atoms with Crippen molar-refractivity contribution in [2.24, 2.45) is 0 Å². The second-order valence-electron chi connectivity index (χ2n) is 7.08. The SMILES string of the molecule is COc1cc(OC)cc(C(=O)N2CCCC2c2nc(-c3ccc(C)cc3)no2)c1. The van der Waals surface area contributed by atoms with E-state index < -0.39 is 0 Å². The average Bonchev–Trinajstić information content (AvgIpc) is 3.42. The Kier molecular flexibility index (Phi) is 5.20. The van der Waals surface area contributed by atoms with Crippen LogP contribution in [0.5, 0.6) is 11.5 Å². The fraction of sp³-hybridized carbons (Fsp3) is 0.318. The molecular weight excluding hydrogens is 370 g/mol. The molecule has 1 aliphatic rings. The summed E-state index contributed by atoms with van der Waals surface area (Å²) < 4.78 is 16.1. The van der Waals surface area contributed by atoms with Gasteiger partial charge in [-0.2, -0.15) is 4.98 Å². The molecule has 1 amide bonds. The van der Waals surface area contributed by atoms with Gasteiger partial charge in [0.25, 0.3) is 5.91 Å². The number of nitrogens with zero attached hydrogens (tertiary/aromatic N) is 3. The van der Waals surface area contributed by atoms with Gasteiger partial charge < -0.3 is 18.9 Å². The van der Waals surface area contributed by atoms with Gasteiger partial charge in [-0.15, -0.1) is 0 Å². The fourth-order valence-corrected chi connectivity index (χ4v) is 3.55. The maximum atomic E-state index is 13.2. The van der Waals surface area contributed by atoms with Crippen molar-refractivity contribution in [3.63, 3.8) is 0 Å². The lowest BCUT2D eigenvalue weighted by Crippen LogP contribution is -2.30. The molecule has 1 aliphatic heterocycles. The van der Waals surface area contributed by atoms with E-state index in [2.05, 4.69) is 10.1 Å². The number of rotatable bonds is 5. The Hall–Kier alpha value is -3.35. The van der Waals surface area contributed by atoms with E-state index in [4.69, 9.17) is 14.0 Å². The summed E-state index contributed by atoms with van der Waals surface area (Å²) in [4.78, 5) is 19.5. The Morgan fingerprint density at radius 2 is 1.79 bits per heavy atom. The number of benzene rings is 2. The van der Waals surface area contributed by atoms with Crippen molar-refractivity contribution in [3.8, 4) is 22.9 Å². The first-order valence-corrected chi connectivity index (χ1v) is 9.53. The van der Waals surface area contributed by atoms with Crippen LogP contribution in [0, 0.1) is 6.92 Å². The topological polar surface area (TPSA) is 77.7 Å². The van der Waals surface area contributed by atoms with Gasteiger partial charge in [0.05, 0.1) is 14.2 Å². The van der Waals surface area contributed by atoms with Gasteiger partial charge in [0, 0.05) is 23.7 Å². The number of likely N-dealkylation sites (tertiary alicyclic amines) is 1. The predicted molar refractivity (Wildman–Crippen MR) is 107 cm³/mol. The monoisotopic (exact) mass is 393 g/mol. The Morgan fingerprint density at radius 1 is 1.10 bits per heavy atom. The molecule has 1 fully saturated rings. The lowest BCUT2D eigenvalue weighted by atomic mass is 10.1. The number of aryl methyl sites for hydroxylation is 1. The third-order valence-electron chi connectivity index (χ3n) is 5.15. The molecule has 0 saturated carbocycles. The van der Waals surface area contributed by atoms with Crippen molar-refractivity contribution in [1.29, 1.82) is 0 Å². The van der Waals surface area contributed by atoms with Crippen LogP contribution in [-0.2, 0) is 0 Å². The van der Waals surface area contributed by atoms with Gasteiger partial charge >= 0.3 is 0 Å². The van der Waals surface area contributed by atoms with Crippen LogP contribution in [0.25, 0.3) is 11.4 Å². The summed E-state index contributed by atoms with van der Waals surface area (Å²) in [7, 11) is 3.12. The predicted octanol–water partition coefficient (Wildman–Crippen LogP) is 4.04. The van der Waals surface area contributed by atoms with Gasteiger partial charge in [0.2, 0.25) is 11.7 Å². The minimum atomic E-state index is -0.244. The van der Waals surface area contributed by atoms with Gasteiger partial charge in [-0.25, -0.2) is 0 Å². The summed E-state index contributed by atoms with van der Waals surface area (Å²) in [6.45, 7) is 2.66. The zero-order valence-electron chi connectivity index (χ0n) is 16.7. The number of amides is 1. The average molecular weight is 393 g/mol. The summed E-state index contributed by atoms with van der Waals surface area (Å²) in [5, 5.41) is 4.12. The van der Waals surface area contributed by atoms with E-state index >= 15 is 0 Å². The van der Waals surface area contributed by atoms with Crippen LogP contribution < -0.4 is 9.47 Å². The van der Waals surface area contributed by atoms with Crippen LogP contribution in [0.4, 0.5) is 0 Å². The lowest BCUT2D eigenvalue weighted by molar-refractivity contribution is 0.0709. The maximum Gasteiger partial charge on any atom is 0.254 e. The van der Waals surface area contributed by atoms with E-state index in [9.17, 15) is 4.79 Å². The third kappa shape index (κ3) is 3.81. The highest BCUT2D eigenvalue weighted by Crippen LogP contribution is 2.34. The molecule has 1 unspecified atom stereocenters. The van der Waals surface area contributed by atoms with Gasteiger partial charge in [0.15, 0.2) is 0 Å². The molecule has 0 bridgehead atoms. The summed E-state index contributed by atoms with van der Waals surface area (Å²) in [6.07, 6.45) is 1.65. The number of aromatic nitrogens is 2. The molecule has 150 valence electrons. The van der Waals surface area contributed by atoms with Crippen molar-refractivity contribution in [3.05, 3.63) is 59.5 Å². The second-order valence-corrected chi connectivity index (χ2v) is 7.08. The van der Waals surface area contributed by atoms with Crippen molar-refractivity contribution in [2.75, 3.05) is 20.8 Å². The first-order valence-electron chi connectivity index (χ1n) is 9.53. The van der Waals surface area contributed by atoms with Crippen molar-refractivity contribution in [1.82, 2.24) is 15.0 Å². The highest BCUT2D eigenvalue weighted by atomic mass is 16.5. The van der Waals surface area contributed by atoms with E-state index in [1.165, 1.54) is 5.56 Å². The minimum Gasteiger partial charge on any atom is -0.497 e. The molecule has 7 heteroatoms. The Balaban J connectivity index is 1.60. The molecule has 0 radical (unpaired) electrons. The molecule has 4 rings (SSSR count). The van der Waals surface area contributed by atoms with E-state index in [0.717, 1.165) is 18.4 Å². The van der Waals surface area contributed by atoms with Crippen LogP contribution in [0.15, 0.2) is 47.0 Å². The molecule has 7 nitrogen and oxygen atoms in total. The number of carbonyl (C=O) groups excluding carboxylic acids is 1. The highest BCUT2D eigenvalue weighted by Gasteiger charge is 2.35. The van der Waals surface area contributed by atoms with Crippen molar-refractivity contribution >= 4 is 5.91 Å². The van der Waals surface area contributed by atoms with Gasteiger partial charge in [-0.05, 0) is 31.9 Å². The molecule has 1 aromatic heterocycles. The molecule has 1 saturated heterocycles. The smallest absolute Gasteiger partial charge is 0.254 e. The Morgan fingerprint density at radius 3 is 2.45 bits per heavy atom. The lowest BCUT2D eigenvalue weighted by Gasteiger charge is -2.22. The van der Waals surface area contributed by atoms with Crippen LogP contribution >= 0.6 is 0 Å². The molecule has 1 atom stereocenters. The standard InChI is InChI=1S/C22H23N3O4/c1-14-6-8-15(9-7-14)20-23-21(29-24-20)19-5-4-10-25(19)22(26)16-11-17(27-2)13-18(12-16)28-3/h6-9,11-13,19H,4-5,10H2,1-3H3. The zero-order chi connectivity index (χ0) is 20.4. The summed E-state index contributed by atoms with van der Waals surface area (Å²) in [5.74, 6) is 2.02. The second kappa shape index (κ2) is 7.95. The zero-order valence-corrected chi connectivity index (χ0v) is 16.7. The highest BCUT2D eigenvalue weighted by molar-refractivity contribution is 5.95. The van der Waals surface area contributed by atoms with Crippen LogP contribution in [-0.4, -0.2) is 41.7 Å². The normalized spacial score (nSPS) is 16.1. The van der Waals surface area contributed by atoms with Gasteiger partial charge in [-0.3, -0.25) is 4.79 Å². The van der Waals surface area contributed by atoms with Crippen molar-refractivity contribution in [2.45, 2.75) is 25.8 Å². The third-order valence-corrected chi connectivity index (χ3v) is 5.15. The summed E-state index contributed by atoms with van der Waals surface area (Å²) in [6, 6.07) is 12.9. The number of carbonyl (C=O) groups is 1. The molecule has 0 N–H and O–H groups in total. The summed E-state index contributed by atoms with van der Waals surface area (Å²) in [5.41, 5.74) is 2.56. The minimum absolute atomic E-state index is 0.111. The molecule has 0 aliphatic carbocycles. The van der Waals surface area contributed by atoms with E-state index in [1.54, 1.807) is 37.3 Å². The molecule has 3 aromatic rings. The van der Waals surface area contributed by atoms with Crippen LogP contribution in [0.3, 0.4) is 0 Å². The van der Waals surface area contributed by atoms with E-state index in [-0.39, 0.29) is 11.9 Å².